The Bertz CT molecular complexity index is 159. The van der Waals surface area contributed by atoms with E-state index in [1.165, 1.54) is 12.8 Å². The SMILES string of the molecule is CCCC(=O)C1(C)CCCCN1. The number of carbonyl (C=O) groups is 1. The van der Waals surface area contributed by atoms with Crippen molar-refractivity contribution in [3.63, 3.8) is 0 Å². The summed E-state index contributed by atoms with van der Waals surface area (Å²) in [6.07, 6.45) is 5.12. The molecule has 1 unspecified atom stereocenters. The van der Waals surface area contributed by atoms with Gasteiger partial charge >= 0.3 is 0 Å². The highest BCUT2D eigenvalue weighted by atomic mass is 16.1. The van der Waals surface area contributed by atoms with Gasteiger partial charge < -0.3 is 5.32 Å². The minimum atomic E-state index is -0.200. The molecule has 1 fully saturated rings. The zero-order valence-corrected chi connectivity index (χ0v) is 8.15. The molecule has 0 saturated carbocycles. The number of hydrogen-bond acceptors (Lipinski definition) is 2. The second-order valence-corrected chi connectivity index (χ2v) is 3.89. The molecular formula is C10H19NO. The molecule has 2 heteroatoms. The van der Waals surface area contributed by atoms with E-state index in [0.29, 0.717) is 5.78 Å². The van der Waals surface area contributed by atoms with E-state index in [0.717, 1.165) is 25.8 Å². The molecular weight excluding hydrogens is 150 g/mol. The van der Waals surface area contributed by atoms with Crippen LogP contribution < -0.4 is 5.32 Å². The molecule has 1 aliphatic heterocycles. The van der Waals surface area contributed by atoms with Crippen molar-refractivity contribution in [2.24, 2.45) is 0 Å². The molecule has 0 aromatic rings. The lowest BCUT2D eigenvalue weighted by Crippen LogP contribution is -2.52. The van der Waals surface area contributed by atoms with E-state index in [-0.39, 0.29) is 5.54 Å². The number of nitrogens with one attached hydrogen (secondary N) is 1. The van der Waals surface area contributed by atoms with Crippen LogP contribution >= 0.6 is 0 Å². The molecule has 0 amide bonds. The van der Waals surface area contributed by atoms with Gasteiger partial charge in [0.1, 0.15) is 0 Å². The Labute approximate surface area is 74.7 Å². The monoisotopic (exact) mass is 169 g/mol. The highest BCUT2D eigenvalue weighted by molar-refractivity contribution is 5.88. The first-order chi connectivity index (χ1) is 5.69. The highest BCUT2D eigenvalue weighted by Crippen LogP contribution is 2.21. The van der Waals surface area contributed by atoms with Gasteiger partial charge in [0.2, 0.25) is 0 Å². The van der Waals surface area contributed by atoms with Crippen LogP contribution in [0.15, 0.2) is 0 Å². The number of piperidine rings is 1. The average molecular weight is 169 g/mol. The third-order valence-corrected chi connectivity index (χ3v) is 2.71. The average Bonchev–Trinajstić information content (AvgIpc) is 2.06. The van der Waals surface area contributed by atoms with Crippen molar-refractivity contribution in [3.8, 4) is 0 Å². The van der Waals surface area contributed by atoms with Gasteiger partial charge in [0.05, 0.1) is 5.54 Å². The Morgan fingerprint density at radius 1 is 1.50 bits per heavy atom. The third-order valence-electron chi connectivity index (χ3n) is 2.71. The molecule has 0 spiro atoms. The van der Waals surface area contributed by atoms with E-state index in [1.807, 2.05) is 6.92 Å². The van der Waals surface area contributed by atoms with Crippen LogP contribution in [0.4, 0.5) is 0 Å². The molecule has 0 radical (unpaired) electrons. The van der Waals surface area contributed by atoms with E-state index >= 15 is 0 Å². The largest absolute Gasteiger partial charge is 0.305 e. The molecule has 1 heterocycles. The molecule has 1 N–H and O–H groups in total. The van der Waals surface area contributed by atoms with Gasteiger partial charge in [-0.1, -0.05) is 6.92 Å². The fraction of sp³-hybridized carbons (Fsp3) is 0.900. The van der Waals surface area contributed by atoms with Gasteiger partial charge in [-0.3, -0.25) is 4.79 Å². The zero-order chi connectivity index (χ0) is 9.03. The maximum absolute atomic E-state index is 11.7. The number of carbonyl (C=O) groups excluding carboxylic acids is 1. The van der Waals surface area contributed by atoms with Crippen molar-refractivity contribution >= 4 is 5.78 Å². The zero-order valence-electron chi connectivity index (χ0n) is 8.15. The van der Waals surface area contributed by atoms with E-state index in [1.54, 1.807) is 0 Å². The van der Waals surface area contributed by atoms with Crippen LogP contribution in [0.1, 0.15) is 46.0 Å². The van der Waals surface area contributed by atoms with Crippen LogP contribution in [0.25, 0.3) is 0 Å². The number of ketones is 1. The van der Waals surface area contributed by atoms with E-state index in [2.05, 4.69) is 12.2 Å². The lowest BCUT2D eigenvalue weighted by Gasteiger charge is -2.33. The van der Waals surface area contributed by atoms with Crippen LogP contribution in [0.2, 0.25) is 0 Å². The van der Waals surface area contributed by atoms with Crippen LogP contribution in [0, 0.1) is 0 Å². The van der Waals surface area contributed by atoms with Crippen LogP contribution in [0.5, 0.6) is 0 Å². The molecule has 2 nitrogen and oxygen atoms in total. The second kappa shape index (κ2) is 4.04. The van der Waals surface area contributed by atoms with Gasteiger partial charge in [0.25, 0.3) is 0 Å². The first kappa shape index (κ1) is 9.72. The van der Waals surface area contributed by atoms with Gasteiger partial charge in [-0.25, -0.2) is 0 Å². The summed E-state index contributed by atoms with van der Waals surface area (Å²) in [5, 5.41) is 3.33. The first-order valence-corrected chi connectivity index (χ1v) is 4.97. The van der Waals surface area contributed by atoms with Crippen molar-refractivity contribution in [2.75, 3.05) is 6.54 Å². The molecule has 1 rings (SSSR count). The lowest BCUT2D eigenvalue weighted by molar-refractivity contribution is -0.125. The Kier molecular flexibility index (Phi) is 3.27. The van der Waals surface area contributed by atoms with Crippen LogP contribution in [0.3, 0.4) is 0 Å². The van der Waals surface area contributed by atoms with Gasteiger partial charge in [-0.15, -0.1) is 0 Å². The molecule has 0 aromatic heterocycles. The Morgan fingerprint density at radius 3 is 2.75 bits per heavy atom. The molecule has 1 atom stereocenters. The summed E-state index contributed by atoms with van der Waals surface area (Å²) in [5.41, 5.74) is -0.200. The number of hydrogen-bond donors (Lipinski definition) is 1. The van der Waals surface area contributed by atoms with Crippen molar-refractivity contribution in [3.05, 3.63) is 0 Å². The predicted octanol–water partition coefficient (Wildman–Crippen LogP) is 1.89. The van der Waals surface area contributed by atoms with Gasteiger partial charge in [-0.05, 0) is 39.2 Å². The maximum Gasteiger partial charge on any atom is 0.152 e. The molecule has 1 saturated heterocycles. The molecule has 0 aromatic carbocycles. The molecule has 0 aliphatic carbocycles. The minimum absolute atomic E-state index is 0.200. The molecule has 0 bridgehead atoms. The summed E-state index contributed by atoms with van der Waals surface area (Å²) in [6, 6.07) is 0. The van der Waals surface area contributed by atoms with Crippen molar-refractivity contribution in [2.45, 2.75) is 51.5 Å². The quantitative estimate of drug-likeness (QED) is 0.699. The van der Waals surface area contributed by atoms with Crippen molar-refractivity contribution in [1.29, 1.82) is 0 Å². The highest BCUT2D eigenvalue weighted by Gasteiger charge is 2.32. The summed E-state index contributed by atoms with van der Waals surface area (Å²) >= 11 is 0. The Hall–Kier alpha value is -0.370. The Morgan fingerprint density at radius 2 is 2.25 bits per heavy atom. The fourth-order valence-electron chi connectivity index (χ4n) is 1.80. The van der Waals surface area contributed by atoms with Gasteiger partial charge in [0, 0.05) is 6.42 Å². The summed E-state index contributed by atoms with van der Waals surface area (Å²) in [7, 11) is 0. The van der Waals surface area contributed by atoms with E-state index in [4.69, 9.17) is 0 Å². The maximum atomic E-state index is 11.7. The fourth-order valence-corrected chi connectivity index (χ4v) is 1.80. The second-order valence-electron chi connectivity index (χ2n) is 3.89. The van der Waals surface area contributed by atoms with Crippen molar-refractivity contribution < 1.29 is 4.79 Å². The molecule has 12 heavy (non-hydrogen) atoms. The van der Waals surface area contributed by atoms with E-state index in [9.17, 15) is 4.79 Å². The molecule has 1 aliphatic rings. The summed E-state index contributed by atoms with van der Waals surface area (Å²) < 4.78 is 0. The summed E-state index contributed by atoms with van der Waals surface area (Å²) in [6.45, 7) is 5.11. The van der Waals surface area contributed by atoms with Gasteiger partial charge in [0.15, 0.2) is 5.78 Å². The number of Topliss-reactive ketones (excluding diaryl/α,β-unsaturated/α-hetero) is 1. The van der Waals surface area contributed by atoms with Gasteiger partial charge in [-0.2, -0.15) is 0 Å². The number of rotatable bonds is 3. The summed E-state index contributed by atoms with van der Waals surface area (Å²) in [4.78, 5) is 11.7. The summed E-state index contributed by atoms with van der Waals surface area (Å²) in [5.74, 6) is 0.393. The normalized spacial score (nSPS) is 30.2. The topological polar surface area (TPSA) is 29.1 Å². The van der Waals surface area contributed by atoms with Crippen molar-refractivity contribution in [1.82, 2.24) is 5.32 Å². The van der Waals surface area contributed by atoms with Crippen LogP contribution in [-0.4, -0.2) is 17.9 Å². The Balaban J connectivity index is 2.50. The lowest BCUT2D eigenvalue weighted by atomic mass is 9.85. The minimum Gasteiger partial charge on any atom is -0.305 e. The van der Waals surface area contributed by atoms with Crippen LogP contribution in [-0.2, 0) is 4.79 Å². The smallest absolute Gasteiger partial charge is 0.152 e. The standard InChI is InChI=1S/C10H19NO/c1-3-6-9(12)10(2)7-4-5-8-11-10/h11H,3-8H2,1-2H3. The predicted molar refractivity (Wildman–Crippen MR) is 50.2 cm³/mol. The first-order valence-electron chi connectivity index (χ1n) is 4.97. The van der Waals surface area contributed by atoms with E-state index < -0.39 is 0 Å². The molecule has 70 valence electrons. The third kappa shape index (κ3) is 2.07.